The minimum absolute atomic E-state index is 0.523. The lowest BCUT2D eigenvalue weighted by atomic mass is 10.2. The summed E-state index contributed by atoms with van der Waals surface area (Å²) in [5.74, 6) is 0. The van der Waals surface area contributed by atoms with Crippen LogP contribution in [0.2, 0.25) is 0 Å². The van der Waals surface area contributed by atoms with E-state index in [-0.39, 0.29) is 0 Å². The second-order valence-corrected chi connectivity index (χ2v) is 4.67. The van der Waals surface area contributed by atoms with E-state index in [2.05, 4.69) is 31.2 Å². The zero-order valence-corrected chi connectivity index (χ0v) is 11.1. The van der Waals surface area contributed by atoms with Crippen molar-refractivity contribution >= 4 is 21.6 Å². The molecule has 3 rings (SSSR count). The van der Waals surface area contributed by atoms with Crippen LogP contribution in [0.15, 0.2) is 35.2 Å². The Morgan fingerprint density at radius 2 is 2.22 bits per heavy atom. The monoisotopic (exact) mass is 307 g/mol. The van der Waals surface area contributed by atoms with Crippen LogP contribution < -0.4 is 0 Å². The summed E-state index contributed by atoms with van der Waals surface area (Å²) in [6, 6.07) is 5.69. The molecule has 3 aromatic rings. The van der Waals surface area contributed by atoms with Gasteiger partial charge in [0.1, 0.15) is 17.4 Å². The maximum atomic E-state index is 10.3. The summed E-state index contributed by atoms with van der Waals surface area (Å²) in [5.41, 5.74) is 1.93. The van der Waals surface area contributed by atoms with Crippen LogP contribution in [0.25, 0.3) is 5.65 Å². The third-order valence-corrected chi connectivity index (χ3v) is 3.31. The number of fused-ring (bicyclic) bond motifs is 1. The molecular formula is C11H10BrN5O. The minimum atomic E-state index is -0.862. The van der Waals surface area contributed by atoms with E-state index in [1.807, 2.05) is 28.8 Å². The first-order valence-corrected chi connectivity index (χ1v) is 6.13. The SMILES string of the molecule is Cn1nnc(Br)c1C(O)c1cn2ccccc2n1. The Bertz CT molecular complexity index is 652. The van der Waals surface area contributed by atoms with Crippen LogP contribution in [-0.2, 0) is 7.05 Å². The fraction of sp³-hybridized carbons (Fsp3) is 0.182. The maximum absolute atomic E-state index is 10.3. The molecule has 0 aliphatic rings. The van der Waals surface area contributed by atoms with Crippen molar-refractivity contribution in [2.75, 3.05) is 0 Å². The molecule has 18 heavy (non-hydrogen) atoms. The molecule has 1 N–H and O–H groups in total. The molecule has 1 atom stereocenters. The molecule has 0 radical (unpaired) electrons. The van der Waals surface area contributed by atoms with E-state index < -0.39 is 6.10 Å². The average Bonchev–Trinajstić information content (AvgIpc) is 2.92. The van der Waals surface area contributed by atoms with Gasteiger partial charge >= 0.3 is 0 Å². The van der Waals surface area contributed by atoms with Crippen LogP contribution in [0.3, 0.4) is 0 Å². The summed E-state index contributed by atoms with van der Waals surface area (Å²) < 4.78 is 3.91. The van der Waals surface area contributed by atoms with Crippen molar-refractivity contribution in [1.29, 1.82) is 0 Å². The lowest BCUT2D eigenvalue weighted by molar-refractivity contribution is 0.205. The van der Waals surface area contributed by atoms with E-state index in [4.69, 9.17) is 0 Å². The zero-order chi connectivity index (χ0) is 12.7. The summed E-state index contributed by atoms with van der Waals surface area (Å²) in [4.78, 5) is 4.37. The number of nitrogens with zero attached hydrogens (tertiary/aromatic N) is 5. The van der Waals surface area contributed by atoms with Crippen molar-refractivity contribution in [2.24, 2.45) is 7.05 Å². The third-order valence-electron chi connectivity index (χ3n) is 2.75. The van der Waals surface area contributed by atoms with Gasteiger partial charge in [-0.05, 0) is 28.1 Å². The average molecular weight is 308 g/mol. The molecule has 0 aromatic carbocycles. The zero-order valence-electron chi connectivity index (χ0n) is 9.53. The summed E-state index contributed by atoms with van der Waals surface area (Å²) in [6.07, 6.45) is 2.81. The third kappa shape index (κ3) is 1.72. The van der Waals surface area contributed by atoms with Crippen molar-refractivity contribution in [1.82, 2.24) is 24.4 Å². The van der Waals surface area contributed by atoms with E-state index in [1.54, 1.807) is 13.2 Å². The number of aryl methyl sites for hydroxylation is 1. The highest BCUT2D eigenvalue weighted by Crippen LogP contribution is 2.25. The Kier molecular flexibility index (Phi) is 2.64. The minimum Gasteiger partial charge on any atom is -0.380 e. The number of aliphatic hydroxyl groups is 1. The number of aromatic nitrogens is 5. The second kappa shape index (κ2) is 4.18. The lowest BCUT2D eigenvalue weighted by Gasteiger charge is -2.07. The molecule has 0 fully saturated rings. The van der Waals surface area contributed by atoms with Gasteiger partial charge in [-0.1, -0.05) is 11.3 Å². The van der Waals surface area contributed by atoms with E-state index >= 15 is 0 Å². The molecule has 0 spiro atoms. The van der Waals surface area contributed by atoms with Crippen LogP contribution in [0.5, 0.6) is 0 Å². The van der Waals surface area contributed by atoms with Gasteiger partial charge in [0.05, 0.1) is 5.69 Å². The largest absolute Gasteiger partial charge is 0.380 e. The number of halogens is 1. The Labute approximate surface area is 111 Å². The van der Waals surface area contributed by atoms with Gasteiger partial charge in [-0.25, -0.2) is 9.67 Å². The Morgan fingerprint density at radius 1 is 1.39 bits per heavy atom. The van der Waals surface area contributed by atoms with Crippen LogP contribution in [-0.4, -0.2) is 29.5 Å². The second-order valence-electron chi connectivity index (χ2n) is 3.92. The van der Waals surface area contributed by atoms with E-state index in [0.29, 0.717) is 16.0 Å². The number of hydrogen-bond donors (Lipinski definition) is 1. The van der Waals surface area contributed by atoms with Crippen molar-refractivity contribution in [3.8, 4) is 0 Å². The number of imidazole rings is 1. The Morgan fingerprint density at radius 3 is 2.89 bits per heavy atom. The predicted molar refractivity (Wildman–Crippen MR) is 68.0 cm³/mol. The Hall–Kier alpha value is -1.73. The van der Waals surface area contributed by atoms with E-state index in [0.717, 1.165) is 5.65 Å². The van der Waals surface area contributed by atoms with Crippen molar-refractivity contribution in [2.45, 2.75) is 6.10 Å². The van der Waals surface area contributed by atoms with Gasteiger partial charge in [-0.15, -0.1) is 5.10 Å². The quantitative estimate of drug-likeness (QED) is 0.775. The molecule has 0 saturated carbocycles. The highest BCUT2D eigenvalue weighted by Gasteiger charge is 2.21. The summed E-state index contributed by atoms with van der Waals surface area (Å²) in [7, 11) is 1.73. The van der Waals surface area contributed by atoms with Gasteiger partial charge in [-0.3, -0.25) is 0 Å². The fourth-order valence-corrected chi connectivity index (χ4v) is 2.40. The van der Waals surface area contributed by atoms with Gasteiger partial charge in [0.25, 0.3) is 0 Å². The Balaban J connectivity index is 2.09. The van der Waals surface area contributed by atoms with Crippen LogP contribution >= 0.6 is 15.9 Å². The molecule has 0 aliphatic carbocycles. The highest BCUT2D eigenvalue weighted by atomic mass is 79.9. The lowest BCUT2D eigenvalue weighted by Crippen LogP contribution is -2.07. The molecule has 6 nitrogen and oxygen atoms in total. The fourth-order valence-electron chi connectivity index (χ4n) is 1.86. The summed E-state index contributed by atoms with van der Waals surface area (Å²) in [6.45, 7) is 0. The van der Waals surface area contributed by atoms with Gasteiger partial charge in [-0.2, -0.15) is 0 Å². The van der Waals surface area contributed by atoms with Gasteiger partial charge < -0.3 is 9.51 Å². The number of aliphatic hydroxyl groups excluding tert-OH is 1. The highest BCUT2D eigenvalue weighted by molar-refractivity contribution is 9.10. The molecule has 1 unspecified atom stereocenters. The van der Waals surface area contributed by atoms with E-state index in [9.17, 15) is 5.11 Å². The molecule has 92 valence electrons. The molecular weight excluding hydrogens is 298 g/mol. The van der Waals surface area contributed by atoms with Crippen molar-refractivity contribution < 1.29 is 5.11 Å². The molecule has 3 heterocycles. The molecule has 0 aliphatic heterocycles. The molecule has 7 heteroatoms. The predicted octanol–water partition coefficient (Wildman–Crippen LogP) is 1.31. The van der Waals surface area contributed by atoms with Crippen LogP contribution in [0.1, 0.15) is 17.5 Å². The first-order valence-electron chi connectivity index (χ1n) is 5.33. The molecule has 0 saturated heterocycles. The number of rotatable bonds is 2. The van der Waals surface area contributed by atoms with Crippen LogP contribution in [0, 0.1) is 0 Å². The normalized spacial score (nSPS) is 13.1. The summed E-state index contributed by atoms with van der Waals surface area (Å²) in [5, 5.41) is 18.0. The molecule has 0 bridgehead atoms. The van der Waals surface area contributed by atoms with Gasteiger partial charge in [0.15, 0.2) is 4.60 Å². The topological polar surface area (TPSA) is 68.2 Å². The van der Waals surface area contributed by atoms with Gasteiger partial charge in [0.2, 0.25) is 0 Å². The smallest absolute Gasteiger partial charge is 0.154 e. The summed E-state index contributed by atoms with van der Waals surface area (Å²) >= 11 is 3.27. The van der Waals surface area contributed by atoms with Crippen LogP contribution in [0.4, 0.5) is 0 Å². The van der Waals surface area contributed by atoms with Crippen molar-refractivity contribution in [3.05, 3.63) is 46.6 Å². The standard InChI is InChI=1S/C11H10BrN5O/c1-16-9(11(12)14-15-16)10(18)7-6-17-5-3-2-4-8(17)13-7/h2-6,10,18H,1H3. The van der Waals surface area contributed by atoms with Crippen molar-refractivity contribution in [3.63, 3.8) is 0 Å². The van der Waals surface area contributed by atoms with Gasteiger partial charge in [0, 0.05) is 19.4 Å². The molecule has 0 amide bonds. The number of hydrogen-bond acceptors (Lipinski definition) is 4. The molecule has 3 aromatic heterocycles. The first kappa shape index (κ1) is 11.4. The number of pyridine rings is 1. The maximum Gasteiger partial charge on any atom is 0.154 e. The van der Waals surface area contributed by atoms with E-state index in [1.165, 1.54) is 4.68 Å². The first-order chi connectivity index (χ1) is 8.66.